The van der Waals surface area contributed by atoms with Gasteiger partial charge in [-0.1, -0.05) is 76.5 Å². The average molecular weight is 665 g/mol. The molecular formula is C38H52N2O8. The van der Waals surface area contributed by atoms with Gasteiger partial charge in [0, 0.05) is 36.2 Å². The number of hydrogen-bond donors (Lipinski definition) is 3. The molecule has 0 saturated heterocycles. The van der Waals surface area contributed by atoms with E-state index in [1.54, 1.807) is 30.2 Å². The summed E-state index contributed by atoms with van der Waals surface area (Å²) in [7, 11) is 3.07. The largest absolute Gasteiger partial charge is 0.496 e. The molecule has 0 aromatic heterocycles. The second-order valence-corrected chi connectivity index (χ2v) is 12.6. The number of hydrogen-bond acceptors (Lipinski definition) is 8. The normalized spacial score (nSPS) is 19.4. The second-order valence-electron chi connectivity index (χ2n) is 12.6. The number of nitrogens with zero attached hydrogens (tertiary/aromatic N) is 1. The maximum atomic E-state index is 14.0. The molecule has 2 amide bonds. The fourth-order valence-electron chi connectivity index (χ4n) is 6.88. The predicted octanol–water partition coefficient (Wildman–Crippen LogP) is 5.13. The van der Waals surface area contributed by atoms with Crippen molar-refractivity contribution in [1.29, 1.82) is 0 Å². The summed E-state index contributed by atoms with van der Waals surface area (Å²) in [6.07, 6.45) is 11.2. The first kappa shape index (κ1) is 36.9. The summed E-state index contributed by atoms with van der Waals surface area (Å²) in [5, 5.41) is 24.1. The van der Waals surface area contributed by atoms with E-state index in [-0.39, 0.29) is 25.6 Å². The number of nitrogens with one attached hydrogen (secondary N) is 1. The molecule has 4 rings (SSSR count). The highest BCUT2D eigenvalue weighted by Gasteiger charge is 2.51. The molecule has 48 heavy (non-hydrogen) atoms. The third-order valence-electron chi connectivity index (χ3n) is 9.40. The van der Waals surface area contributed by atoms with Gasteiger partial charge >= 0.3 is 0 Å². The van der Waals surface area contributed by atoms with Crippen molar-refractivity contribution in [2.24, 2.45) is 0 Å². The van der Waals surface area contributed by atoms with Crippen LogP contribution in [0.15, 0.2) is 48.0 Å². The Bertz CT molecular complexity index is 1410. The lowest BCUT2D eigenvalue weighted by Crippen LogP contribution is -2.56. The molecule has 0 radical (unpaired) electrons. The third kappa shape index (κ3) is 8.96. The van der Waals surface area contributed by atoms with Gasteiger partial charge in [-0.15, -0.1) is 0 Å². The summed E-state index contributed by atoms with van der Waals surface area (Å²) in [6, 6.07) is 9.96. The van der Waals surface area contributed by atoms with Gasteiger partial charge in [0.15, 0.2) is 11.5 Å². The number of carbonyl (C=O) groups is 3. The second kappa shape index (κ2) is 18.6. The molecular weight excluding hydrogens is 612 g/mol. The minimum Gasteiger partial charge on any atom is -0.496 e. The van der Waals surface area contributed by atoms with Crippen LogP contribution in [0.3, 0.4) is 0 Å². The number of amides is 2. The molecule has 10 heteroatoms. The molecule has 1 aliphatic heterocycles. The molecule has 4 unspecified atom stereocenters. The summed E-state index contributed by atoms with van der Waals surface area (Å²) in [5.74, 6) is 0.0946. The van der Waals surface area contributed by atoms with E-state index in [1.165, 1.54) is 39.2 Å². The molecule has 1 aliphatic carbocycles. The van der Waals surface area contributed by atoms with Gasteiger partial charge < -0.3 is 34.6 Å². The third-order valence-corrected chi connectivity index (χ3v) is 9.40. The van der Waals surface area contributed by atoms with Crippen LogP contribution in [0.5, 0.6) is 17.2 Å². The molecule has 4 atom stereocenters. The molecule has 0 bridgehead atoms. The van der Waals surface area contributed by atoms with Gasteiger partial charge in [-0.25, -0.2) is 0 Å². The first-order valence-electron chi connectivity index (χ1n) is 17.4. The summed E-state index contributed by atoms with van der Waals surface area (Å²) < 4.78 is 17.4. The van der Waals surface area contributed by atoms with Gasteiger partial charge in [0.25, 0.3) is 0 Å². The van der Waals surface area contributed by atoms with E-state index in [9.17, 15) is 24.6 Å². The van der Waals surface area contributed by atoms with Crippen LogP contribution >= 0.6 is 0 Å². The van der Waals surface area contributed by atoms with Crippen LogP contribution in [0.4, 0.5) is 0 Å². The lowest BCUT2D eigenvalue weighted by molar-refractivity contribution is -0.137. The number of aliphatic hydroxyl groups excluding tert-OH is 2. The van der Waals surface area contributed by atoms with Crippen LogP contribution in [0.1, 0.15) is 98.5 Å². The van der Waals surface area contributed by atoms with Crippen LogP contribution in [0.25, 0.3) is 0 Å². The lowest BCUT2D eigenvalue weighted by Gasteiger charge is -2.41. The van der Waals surface area contributed by atoms with Crippen LogP contribution in [-0.4, -0.2) is 85.4 Å². The topological polar surface area (TPSA) is 135 Å². The monoisotopic (exact) mass is 664 g/mol. The number of aldehydes is 1. The first-order valence-corrected chi connectivity index (χ1v) is 17.4. The highest BCUT2D eigenvalue weighted by Crippen LogP contribution is 2.51. The van der Waals surface area contributed by atoms with Gasteiger partial charge in [0.2, 0.25) is 11.8 Å². The number of para-hydroxylation sites is 1. The fraction of sp³-hybridized carbons (Fsp3) is 0.553. The molecule has 0 spiro atoms. The zero-order valence-electron chi connectivity index (χ0n) is 28.6. The molecule has 0 fully saturated rings. The summed E-state index contributed by atoms with van der Waals surface area (Å²) in [5.41, 5.74) is 2.11. The zero-order valence-corrected chi connectivity index (χ0v) is 28.6. The summed E-state index contributed by atoms with van der Waals surface area (Å²) in [6.45, 7) is 2.27. The minimum absolute atomic E-state index is 0.0290. The highest BCUT2D eigenvalue weighted by molar-refractivity contribution is 5.96. The van der Waals surface area contributed by atoms with Crippen LogP contribution in [0, 0.1) is 0 Å². The number of methoxy groups -OCH3 is 2. The summed E-state index contributed by atoms with van der Waals surface area (Å²) in [4.78, 5) is 41.1. The smallest absolute Gasteiger partial charge is 0.247 e. The molecule has 10 nitrogen and oxygen atoms in total. The van der Waals surface area contributed by atoms with Gasteiger partial charge in [0.05, 0.1) is 32.8 Å². The quantitative estimate of drug-likeness (QED) is 0.131. The van der Waals surface area contributed by atoms with Crippen molar-refractivity contribution in [1.82, 2.24) is 10.2 Å². The molecule has 3 N–H and O–H groups in total. The van der Waals surface area contributed by atoms with Crippen molar-refractivity contribution in [3.8, 4) is 17.2 Å². The van der Waals surface area contributed by atoms with Gasteiger partial charge in [-0.2, -0.15) is 0 Å². The number of carbonyl (C=O) groups excluding carboxylic acids is 3. The van der Waals surface area contributed by atoms with Crippen molar-refractivity contribution in [3.63, 3.8) is 0 Å². The van der Waals surface area contributed by atoms with E-state index in [4.69, 9.17) is 14.2 Å². The maximum Gasteiger partial charge on any atom is 0.247 e. The number of fused-ring (bicyclic) bond motifs is 3. The van der Waals surface area contributed by atoms with Crippen molar-refractivity contribution in [2.45, 2.75) is 102 Å². The Hall–Kier alpha value is -3.89. The number of benzene rings is 2. The van der Waals surface area contributed by atoms with Crippen LogP contribution in [0.2, 0.25) is 0 Å². The molecule has 0 saturated carbocycles. The Labute approximate surface area is 284 Å². The number of ether oxygens (including phenoxy) is 3. The standard InChI is InChI=1S/C38H52N2O8/c1-4-5-6-7-8-9-10-11-12-17-33(43)40(20-18-27-15-13-14-16-31(27)46-2)30-24-29(38(45)39-19-21-41)34-28-22-26(25-42)23-32(47-3)36(28)48-37(34)35(30)44/h13-16,22-25,30,34-35,37,41,44H,4-12,17-21H2,1-3H3,(H,39,45). The molecule has 1 heterocycles. The van der Waals surface area contributed by atoms with Crippen molar-refractivity contribution < 1.29 is 38.8 Å². The van der Waals surface area contributed by atoms with Crippen LogP contribution in [-0.2, 0) is 16.0 Å². The van der Waals surface area contributed by atoms with Gasteiger partial charge in [-0.3, -0.25) is 14.4 Å². The lowest BCUT2D eigenvalue weighted by atomic mass is 9.77. The number of aliphatic hydroxyl groups is 2. The Morgan fingerprint density at radius 2 is 1.67 bits per heavy atom. The maximum absolute atomic E-state index is 14.0. The summed E-state index contributed by atoms with van der Waals surface area (Å²) >= 11 is 0. The SMILES string of the molecule is CCCCCCCCCCCC(=O)N(CCc1ccccc1OC)C1C=C(C(=O)NCCO)C2c3cc(C=O)cc(OC)c3OC2C1O. The van der Waals surface area contributed by atoms with Crippen molar-refractivity contribution >= 4 is 18.1 Å². The molecule has 2 aromatic rings. The van der Waals surface area contributed by atoms with Crippen molar-refractivity contribution in [3.05, 3.63) is 64.7 Å². The van der Waals surface area contributed by atoms with E-state index in [2.05, 4.69) is 12.2 Å². The first-order chi connectivity index (χ1) is 23.4. The zero-order chi connectivity index (χ0) is 34.5. The van der Waals surface area contributed by atoms with Gasteiger partial charge in [-0.05, 0) is 42.7 Å². The van der Waals surface area contributed by atoms with Crippen LogP contribution < -0.4 is 19.5 Å². The number of unbranched alkanes of at least 4 members (excludes halogenated alkanes) is 8. The van der Waals surface area contributed by atoms with Gasteiger partial charge in [0.1, 0.15) is 24.2 Å². The number of rotatable bonds is 20. The predicted molar refractivity (Wildman–Crippen MR) is 184 cm³/mol. The molecule has 2 aliphatic rings. The van der Waals surface area contributed by atoms with E-state index in [1.807, 2.05) is 24.3 Å². The fourth-order valence-corrected chi connectivity index (χ4v) is 6.88. The van der Waals surface area contributed by atoms with Crippen molar-refractivity contribution in [2.75, 3.05) is 33.9 Å². The Kier molecular flexibility index (Phi) is 14.3. The van der Waals surface area contributed by atoms with E-state index in [0.29, 0.717) is 53.1 Å². The molecule has 2 aromatic carbocycles. The molecule has 262 valence electrons. The minimum atomic E-state index is -1.19. The van der Waals surface area contributed by atoms with E-state index >= 15 is 0 Å². The average Bonchev–Trinajstić information content (AvgIpc) is 3.50. The Balaban J connectivity index is 1.62. The Morgan fingerprint density at radius 1 is 0.979 bits per heavy atom. The highest BCUT2D eigenvalue weighted by atomic mass is 16.5. The van der Waals surface area contributed by atoms with E-state index < -0.39 is 30.1 Å². The van der Waals surface area contributed by atoms with E-state index in [0.717, 1.165) is 31.2 Å². The Morgan fingerprint density at radius 3 is 2.33 bits per heavy atom.